The predicted octanol–water partition coefficient (Wildman–Crippen LogP) is 7.90. The van der Waals surface area contributed by atoms with Gasteiger partial charge >= 0.3 is 5.97 Å². The molecule has 0 aliphatic carbocycles. The van der Waals surface area contributed by atoms with Crippen molar-refractivity contribution >= 4 is 46.0 Å². The van der Waals surface area contributed by atoms with Crippen molar-refractivity contribution in [3.8, 4) is 16.9 Å². The summed E-state index contributed by atoms with van der Waals surface area (Å²) < 4.78 is 10.2. The number of carbonyl (C=O) groups excluding carboxylic acids is 1. The van der Waals surface area contributed by atoms with Crippen molar-refractivity contribution in [2.75, 3.05) is 13.2 Å². The highest BCUT2D eigenvalue weighted by molar-refractivity contribution is 6.35. The summed E-state index contributed by atoms with van der Waals surface area (Å²) >= 11 is 13.4. The van der Waals surface area contributed by atoms with Gasteiger partial charge in [-0.25, -0.2) is 4.79 Å². The molecule has 11 heteroatoms. The molecule has 0 fully saturated rings. The second-order valence-electron chi connectivity index (χ2n) is 12.4. The summed E-state index contributed by atoms with van der Waals surface area (Å²) in [6.07, 6.45) is 2.61. The van der Waals surface area contributed by atoms with Crippen molar-refractivity contribution in [2.24, 2.45) is 7.05 Å². The minimum Gasteiger partial charge on any atom is -0.494 e. The maximum Gasteiger partial charge on any atom is 0.337 e. The van der Waals surface area contributed by atoms with Crippen LogP contribution in [0.5, 0.6) is 5.75 Å². The van der Waals surface area contributed by atoms with E-state index in [9.17, 15) is 14.7 Å². The summed E-state index contributed by atoms with van der Waals surface area (Å²) in [5.41, 5.74) is 8.85. The van der Waals surface area contributed by atoms with Crippen molar-refractivity contribution in [3.63, 3.8) is 0 Å². The number of hydrogen-bond donors (Lipinski definition) is 1. The van der Waals surface area contributed by atoms with Crippen LogP contribution in [0.4, 0.5) is 0 Å². The zero-order chi connectivity index (χ0) is 33.7. The maximum absolute atomic E-state index is 14.5. The van der Waals surface area contributed by atoms with E-state index < -0.39 is 5.97 Å². The summed E-state index contributed by atoms with van der Waals surface area (Å²) in [7, 11) is 1.92. The molecule has 0 saturated carbocycles. The van der Waals surface area contributed by atoms with Crippen molar-refractivity contribution in [3.05, 3.63) is 97.7 Å². The average Bonchev–Trinajstić information content (AvgIpc) is 3.49. The first-order valence-electron chi connectivity index (χ1n) is 15.6. The van der Waals surface area contributed by atoms with Crippen LogP contribution < -0.4 is 4.74 Å². The van der Waals surface area contributed by atoms with E-state index in [0.717, 1.165) is 60.9 Å². The fraction of sp³-hybridized carbons (Fsp3) is 0.333. The lowest BCUT2D eigenvalue weighted by Gasteiger charge is -2.34. The topological polar surface area (TPSA) is 102 Å². The smallest absolute Gasteiger partial charge is 0.337 e. The summed E-state index contributed by atoms with van der Waals surface area (Å²) in [4.78, 5) is 31.9. The highest BCUT2D eigenvalue weighted by Gasteiger charge is 2.36. The monoisotopic (exact) mass is 673 g/mol. The number of carbonyl (C=O) groups is 2. The van der Waals surface area contributed by atoms with Gasteiger partial charge in [-0.2, -0.15) is 5.10 Å². The van der Waals surface area contributed by atoms with Crippen LogP contribution >= 0.6 is 23.2 Å². The molecule has 0 saturated heterocycles. The Morgan fingerprint density at radius 1 is 1.06 bits per heavy atom. The van der Waals surface area contributed by atoms with Crippen molar-refractivity contribution < 1.29 is 19.4 Å². The lowest BCUT2D eigenvalue weighted by atomic mass is 9.98. The van der Waals surface area contributed by atoms with Crippen LogP contribution in [0.3, 0.4) is 0 Å². The summed E-state index contributed by atoms with van der Waals surface area (Å²) in [6.45, 7) is 11.2. The Kier molecular flexibility index (Phi) is 8.80. The minimum absolute atomic E-state index is 0.0805. The van der Waals surface area contributed by atoms with Crippen molar-refractivity contribution in [1.29, 1.82) is 0 Å². The van der Waals surface area contributed by atoms with Crippen LogP contribution in [0, 0.1) is 27.7 Å². The predicted molar refractivity (Wildman–Crippen MR) is 184 cm³/mol. The Labute approximate surface area is 283 Å². The maximum atomic E-state index is 14.5. The molecule has 1 aliphatic heterocycles. The van der Waals surface area contributed by atoms with Gasteiger partial charge in [-0.1, -0.05) is 29.3 Å². The zero-order valence-electron chi connectivity index (χ0n) is 27.3. The third kappa shape index (κ3) is 5.87. The van der Waals surface area contributed by atoms with Gasteiger partial charge in [0.05, 0.1) is 40.6 Å². The molecule has 1 aliphatic rings. The molecular formula is C36H37Cl2N5O4. The lowest BCUT2D eigenvalue weighted by Crippen LogP contribution is -2.42. The number of ether oxygens (including phenoxy) is 1. The molecule has 6 rings (SSSR count). The molecule has 1 amide bonds. The van der Waals surface area contributed by atoms with E-state index >= 15 is 0 Å². The molecule has 3 aromatic heterocycles. The van der Waals surface area contributed by atoms with Crippen LogP contribution in [-0.4, -0.2) is 54.4 Å². The minimum atomic E-state index is -1.04. The first-order chi connectivity index (χ1) is 22.4. The third-order valence-electron chi connectivity index (χ3n) is 9.07. The van der Waals surface area contributed by atoms with Crippen LogP contribution in [0.1, 0.15) is 74.0 Å². The number of pyridine rings is 1. The van der Waals surface area contributed by atoms with Crippen molar-refractivity contribution in [2.45, 2.75) is 60.0 Å². The van der Waals surface area contributed by atoms with E-state index in [2.05, 4.69) is 21.6 Å². The standard InChI is InChI=1S/C36H37Cl2N5O4/c1-19-14-26(15-20(2)32(19)38)47-13-7-8-27-28-11-12-29(37)31(30-22(4)40-41(6)23(30)5)33(28)43-21(3)17-42(35(44)34(27)43)18-25-10-9-24(16-39-25)36(45)46/h9-12,14-16,21H,7-8,13,17-18H2,1-6H3,(H,45,46). The van der Waals surface area contributed by atoms with Gasteiger partial charge in [-0.05, 0) is 94.5 Å². The van der Waals surface area contributed by atoms with E-state index in [1.165, 1.54) is 12.3 Å². The van der Waals surface area contributed by atoms with Gasteiger partial charge in [-0.15, -0.1) is 0 Å². The second-order valence-corrected chi connectivity index (χ2v) is 13.2. The first-order valence-corrected chi connectivity index (χ1v) is 16.4. The van der Waals surface area contributed by atoms with Crippen molar-refractivity contribution in [1.82, 2.24) is 24.2 Å². The summed E-state index contributed by atoms with van der Waals surface area (Å²) in [5.74, 6) is -0.383. The highest BCUT2D eigenvalue weighted by atomic mass is 35.5. The molecule has 1 atom stereocenters. The molecule has 47 heavy (non-hydrogen) atoms. The van der Waals surface area contributed by atoms with Crippen LogP contribution in [0.25, 0.3) is 22.0 Å². The normalized spacial score (nSPS) is 14.6. The van der Waals surface area contributed by atoms with Gasteiger partial charge in [0.15, 0.2) is 0 Å². The molecule has 1 unspecified atom stereocenters. The Morgan fingerprint density at radius 2 is 1.79 bits per heavy atom. The zero-order valence-corrected chi connectivity index (χ0v) is 28.8. The summed E-state index contributed by atoms with van der Waals surface area (Å²) in [6, 6.07) is 10.9. The first kappa shape index (κ1) is 32.6. The van der Waals surface area contributed by atoms with E-state index in [0.29, 0.717) is 42.4 Å². The number of hydrogen-bond acceptors (Lipinski definition) is 5. The molecule has 2 aromatic carbocycles. The molecule has 4 heterocycles. The molecular weight excluding hydrogens is 637 g/mol. The SMILES string of the molecule is Cc1cc(OCCCc2c3n(c4c(-c5c(C)nn(C)c5C)c(Cl)ccc24)C(C)CN(Cc2ccc(C(=O)O)cn2)C3=O)cc(C)c1Cl. The van der Waals surface area contributed by atoms with E-state index in [1.54, 1.807) is 11.0 Å². The average molecular weight is 675 g/mol. The largest absolute Gasteiger partial charge is 0.494 e. The van der Waals surface area contributed by atoms with E-state index in [1.807, 2.05) is 63.7 Å². The van der Waals surface area contributed by atoms with Crippen LogP contribution in [0.15, 0.2) is 42.6 Å². The van der Waals surface area contributed by atoms with Gasteiger partial charge in [0, 0.05) is 53.1 Å². The van der Waals surface area contributed by atoms with Crippen LogP contribution in [0.2, 0.25) is 10.0 Å². The molecule has 0 radical (unpaired) electrons. The number of aromatic carboxylic acids is 1. The molecule has 9 nitrogen and oxygen atoms in total. The quantitative estimate of drug-likeness (QED) is 0.160. The summed E-state index contributed by atoms with van der Waals surface area (Å²) in [5, 5.41) is 16.3. The number of rotatable bonds is 9. The number of fused-ring (bicyclic) bond motifs is 3. The third-order valence-corrected chi connectivity index (χ3v) is 9.98. The van der Waals surface area contributed by atoms with Gasteiger partial charge < -0.3 is 19.3 Å². The number of aromatic nitrogens is 4. The van der Waals surface area contributed by atoms with Crippen LogP contribution in [-0.2, 0) is 20.0 Å². The van der Waals surface area contributed by atoms with Gasteiger partial charge in [0.2, 0.25) is 0 Å². The van der Waals surface area contributed by atoms with E-state index in [4.69, 9.17) is 27.9 Å². The fourth-order valence-electron chi connectivity index (χ4n) is 6.78. The molecule has 5 aromatic rings. The van der Waals surface area contributed by atoms with E-state index in [-0.39, 0.29) is 24.1 Å². The number of aryl methyl sites for hydroxylation is 5. The Bertz CT molecular complexity index is 2020. The Balaban J connectivity index is 1.42. The number of amides is 1. The lowest BCUT2D eigenvalue weighted by molar-refractivity contribution is 0.0657. The highest BCUT2D eigenvalue weighted by Crippen LogP contribution is 2.44. The van der Waals surface area contributed by atoms with Gasteiger partial charge in [-0.3, -0.25) is 14.5 Å². The molecule has 1 N–H and O–H groups in total. The molecule has 244 valence electrons. The number of nitrogens with zero attached hydrogens (tertiary/aromatic N) is 5. The molecule has 0 bridgehead atoms. The second kappa shape index (κ2) is 12.7. The Hall–Kier alpha value is -4.34. The van der Waals surface area contributed by atoms with Gasteiger partial charge in [0.25, 0.3) is 5.91 Å². The Morgan fingerprint density at radius 3 is 2.40 bits per heavy atom. The molecule has 0 spiro atoms. The number of halogens is 2. The number of carboxylic acid groups (broad SMARTS) is 1. The van der Waals surface area contributed by atoms with Gasteiger partial charge in [0.1, 0.15) is 11.4 Å². The fourth-order valence-corrected chi connectivity index (χ4v) is 7.14. The number of carboxylic acids is 1. The number of benzene rings is 2.